The second-order valence-corrected chi connectivity index (χ2v) is 7.81. The highest BCUT2D eigenvalue weighted by atomic mass is 19.1. The number of nitrogens with one attached hydrogen (secondary N) is 2. The van der Waals surface area contributed by atoms with Gasteiger partial charge in [-0.3, -0.25) is 14.7 Å². The van der Waals surface area contributed by atoms with Gasteiger partial charge in [0.15, 0.2) is 5.96 Å². The van der Waals surface area contributed by atoms with Crippen molar-refractivity contribution >= 4 is 11.9 Å². The first kappa shape index (κ1) is 22.7. The average Bonchev–Trinajstić information content (AvgIpc) is 2.76. The predicted octanol–water partition coefficient (Wildman–Crippen LogP) is 2.53. The van der Waals surface area contributed by atoms with Crippen LogP contribution >= 0.6 is 0 Å². The zero-order chi connectivity index (χ0) is 22.2. The van der Waals surface area contributed by atoms with E-state index < -0.39 is 11.6 Å². The maximum Gasteiger partial charge on any atom is 0.221 e. The number of amides is 1. The molecule has 1 unspecified atom stereocenters. The third kappa shape index (κ3) is 6.75. The molecule has 8 heteroatoms. The fourth-order valence-corrected chi connectivity index (χ4v) is 3.79. The molecule has 3 rings (SSSR count). The van der Waals surface area contributed by atoms with E-state index in [2.05, 4.69) is 32.7 Å². The number of piperidine rings is 1. The van der Waals surface area contributed by atoms with Crippen molar-refractivity contribution in [3.05, 3.63) is 70.8 Å². The van der Waals surface area contributed by atoms with Crippen molar-refractivity contribution in [1.29, 1.82) is 0 Å². The number of likely N-dealkylation sites (tertiary alicyclic amines) is 1. The number of benzene rings is 2. The zero-order valence-electron chi connectivity index (χ0n) is 17.7. The van der Waals surface area contributed by atoms with Crippen LogP contribution < -0.4 is 16.4 Å². The lowest BCUT2D eigenvalue weighted by atomic mass is 9.97. The van der Waals surface area contributed by atoms with Crippen LogP contribution in [-0.4, -0.2) is 36.9 Å². The number of rotatable bonds is 7. The third-order valence-electron chi connectivity index (χ3n) is 5.44. The molecule has 4 N–H and O–H groups in total. The molecule has 1 amide bonds. The molecule has 0 saturated carbocycles. The van der Waals surface area contributed by atoms with Gasteiger partial charge in [-0.05, 0) is 48.7 Å². The molecule has 1 fully saturated rings. The Morgan fingerprint density at radius 2 is 1.94 bits per heavy atom. The maximum atomic E-state index is 13.8. The highest BCUT2D eigenvalue weighted by Gasteiger charge is 2.23. The Balaban J connectivity index is 1.52. The molecule has 0 radical (unpaired) electrons. The van der Waals surface area contributed by atoms with Crippen LogP contribution in [0.25, 0.3) is 0 Å². The van der Waals surface area contributed by atoms with E-state index in [1.165, 1.54) is 6.07 Å². The highest BCUT2D eigenvalue weighted by Crippen LogP contribution is 2.18. The van der Waals surface area contributed by atoms with E-state index in [0.717, 1.165) is 49.2 Å². The summed E-state index contributed by atoms with van der Waals surface area (Å²) in [4.78, 5) is 17.9. The molecule has 6 nitrogen and oxygen atoms in total. The molecule has 0 aromatic heterocycles. The first-order valence-corrected chi connectivity index (χ1v) is 10.4. The van der Waals surface area contributed by atoms with Crippen molar-refractivity contribution in [3.8, 4) is 0 Å². The van der Waals surface area contributed by atoms with Gasteiger partial charge in [0.2, 0.25) is 5.91 Å². The summed E-state index contributed by atoms with van der Waals surface area (Å²) in [5.74, 6) is -0.743. The van der Waals surface area contributed by atoms with Crippen LogP contribution in [0, 0.1) is 17.6 Å². The highest BCUT2D eigenvalue weighted by molar-refractivity contribution is 5.79. The summed E-state index contributed by atoms with van der Waals surface area (Å²) in [6.45, 7) is 3.08. The lowest BCUT2D eigenvalue weighted by molar-refractivity contribution is -0.123. The van der Waals surface area contributed by atoms with Gasteiger partial charge in [0.05, 0.1) is 5.92 Å². The van der Waals surface area contributed by atoms with Gasteiger partial charge in [-0.15, -0.1) is 0 Å². The minimum absolute atomic E-state index is 0.0732. The Kier molecular flexibility index (Phi) is 7.94. The SMILES string of the molecule is CN=C(NCc1cccc(CN2CCCC(C(N)=O)C2)c1)NCc1cc(F)ccc1F. The first-order chi connectivity index (χ1) is 14.9. The molecule has 166 valence electrons. The number of carbonyl (C=O) groups excluding carboxylic acids is 1. The Labute approximate surface area is 181 Å². The number of guanidine groups is 1. The predicted molar refractivity (Wildman–Crippen MR) is 117 cm³/mol. The van der Waals surface area contributed by atoms with Gasteiger partial charge >= 0.3 is 0 Å². The number of halogens is 2. The summed E-state index contributed by atoms with van der Waals surface area (Å²) in [5, 5.41) is 6.19. The van der Waals surface area contributed by atoms with Crippen LogP contribution in [0.5, 0.6) is 0 Å². The summed E-state index contributed by atoms with van der Waals surface area (Å²) in [7, 11) is 1.62. The number of hydrogen-bond acceptors (Lipinski definition) is 3. The molecule has 1 atom stereocenters. The van der Waals surface area contributed by atoms with Crippen molar-refractivity contribution in [2.24, 2.45) is 16.6 Å². The Morgan fingerprint density at radius 1 is 1.16 bits per heavy atom. The lowest BCUT2D eigenvalue weighted by Crippen LogP contribution is -2.40. The van der Waals surface area contributed by atoms with E-state index >= 15 is 0 Å². The van der Waals surface area contributed by atoms with Crippen LogP contribution in [-0.2, 0) is 24.4 Å². The van der Waals surface area contributed by atoms with Crippen molar-refractivity contribution < 1.29 is 13.6 Å². The summed E-state index contributed by atoms with van der Waals surface area (Å²) in [6.07, 6.45) is 1.84. The van der Waals surface area contributed by atoms with Crippen molar-refractivity contribution in [2.75, 3.05) is 20.1 Å². The topological polar surface area (TPSA) is 82.8 Å². The quantitative estimate of drug-likeness (QED) is 0.467. The molecule has 1 heterocycles. The minimum atomic E-state index is -0.478. The normalized spacial score (nSPS) is 17.4. The number of carbonyl (C=O) groups is 1. The molecule has 0 spiro atoms. The third-order valence-corrected chi connectivity index (χ3v) is 5.44. The number of hydrogen-bond donors (Lipinski definition) is 3. The summed E-state index contributed by atoms with van der Waals surface area (Å²) < 4.78 is 27.1. The van der Waals surface area contributed by atoms with Crippen LogP contribution in [0.2, 0.25) is 0 Å². The van der Waals surface area contributed by atoms with Gasteiger partial charge in [-0.1, -0.05) is 24.3 Å². The van der Waals surface area contributed by atoms with E-state index in [0.29, 0.717) is 19.0 Å². The smallest absolute Gasteiger partial charge is 0.221 e. The van der Waals surface area contributed by atoms with Gasteiger partial charge in [-0.25, -0.2) is 8.78 Å². The molecule has 31 heavy (non-hydrogen) atoms. The Bertz CT molecular complexity index is 934. The van der Waals surface area contributed by atoms with Gasteiger partial charge in [0.25, 0.3) is 0 Å². The zero-order valence-corrected chi connectivity index (χ0v) is 17.7. The Hall–Kier alpha value is -3.00. The fourth-order valence-electron chi connectivity index (χ4n) is 3.79. The molecular formula is C23H29F2N5O. The molecule has 2 aromatic carbocycles. The largest absolute Gasteiger partial charge is 0.369 e. The molecule has 1 aliphatic heterocycles. The molecule has 1 saturated heterocycles. The Morgan fingerprint density at radius 3 is 2.71 bits per heavy atom. The summed E-state index contributed by atoms with van der Waals surface area (Å²) >= 11 is 0. The lowest BCUT2D eigenvalue weighted by Gasteiger charge is -2.31. The van der Waals surface area contributed by atoms with Gasteiger partial charge in [0.1, 0.15) is 11.6 Å². The van der Waals surface area contributed by atoms with Gasteiger partial charge in [-0.2, -0.15) is 0 Å². The van der Waals surface area contributed by atoms with Crippen LogP contribution in [0.4, 0.5) is 8.78 Å². The molecular weight excluding hydrogens is 400 g/mol. The van der Waals surface area contributed by atoms with Crippen LogP contribution in [0.1, 0.15) is 29.5 Å². The number of primary amides is 1. The van der Waals surface area contributed by atoms with E-state index in [-0.39, 0.29) is 23.9 Å². The van der Waals surface area contributed by atoms with Crippen molar-refractivity contribution in [3.63, 3.8) is 0 Å². The van der Waals surface area contributed by atoms with Crippen molar-refractivity contribution in [1.82, 2.24) is 15.5 Å². The average molecular weight is 430 g/mol. The van der Waals surface area contributed by atoms with E-state index in [1.807, 2.05) is 12.1 Å². The van der Waals surface area contributed by atoms with Gasteiger partial charge < -0.3 is 16.4 Å². The van der Waals surface area contributed by atoms with Gasteiger partial charge in [0, 0.05) is 38.8 Å². The first-order valence-electron chi connectivity index (χ1n) is 10.4. The maximum absolute atomic E-state index is 13.8. The van der Waals surface area contributed by atoms with Crippen molar-refractivity contribution in [2.45, 2.75) is 32.5 Å². The van der Waals surface area contributed by atoms with E-state index in [1.54, 1.807) is 7.05 Å². The number of nitrogens with two attached hydrogens (primary N) is 1. The monoisotopic (exact) mass is 429 g/mol. The second kappa shape index (κ2) is 10.9. The van der Waals surface area contributed by atoms with Crippen LogP contribution in [0.15, 0.2) is 47.5 Å². The molecule has 1 aliphatic rings. The van der Waals surface area contributed by atoms with E-state index in [9.17, 15) is 13.6 Å². The standard InChI is InChI=1S/C23H29F2N5O/c1-27-23(29-13-19-11-20(24)7-8-21(19)25)28-12-16-4-2-5-17(10-16)14-30-9-3-6-18(15-30)22(26)31/h2,4-5,7-8,10-11,18H,3,6,9,12-15H2,1H3,(H2,26,31)(H2,27,28,29). The second-order valence-electron chi connectivity index (χ2n) is 7.81. The molecule has 0 aliphatic carbocycles. The summed E-state index contributed by atoms with van der Waals surface area (Å²) in [5.41, 5.74) is 7.94. The minimum Gasteiger partial charge on any atom is -0.369 e. The van der Waals surface area contributed by atoms with Crippen LogP contribution in [0.3, 0.4) is 0 Å². The molecule has 2 aromatic rings. The van der Waals surface area contributed by atoms with E-state index in [4.69, 9.17) is 5.73 Å². The molecule has 0 bridgehead atoms. The number of nitrogens with zero attached hydrogens (tertiary/aromatic N) is 2. The number of aliphatic imine (C=N–C) groups is 1. The fraction of sp³-hybridized carbons (Fsp3) is 0.391. The summed E-state index contributed by atoms with van der Waals surface area (Å²) in [6, 6.07) is 11.6.